The third-order valence-corrected chi connectivity index (χ3v) is 3.72. The van der Waals surface area contributed by atoms with Crippen molar-refractivity contribution >= 4 is 11.6 Å². The lowest BCUT2D eigenvalue weighted by molar-refractivity contribution is 0.119. The molecule has 1 atom stereocenters. The molecule has 23 heavy (non-hydrogen) atoms. The quantitative estimate of drug-likeness (QED) is 0.867. The van der Waals surface area contributed by atoms with E-state index < -0.39 is 17.7 Å². The van der Waals surface area contributed by atoms with Gasteiger partial charge in [-0.05, 0) is 43.4 Å². The molecular formula is C17H18ClF2NO2. The van der Waals surface area contributed by atoms with E-state index >= 15 is 0 Å². The first kappa shape index (κ1) is 17.7. The summed E-state index contributed by atoms with van der Waals surface area (Å²) >= 11 is 5.98. The molecule has 2 rings (SSSR count). The van der Waals surface area contributed by atoms with Crippen LogP contribution in [-0.2, 0) is 6.54 Å². The van der Waals surface area contributed by atoms with Crippen LogP contribution < -0.4 is 4.74 Å². The van der Waals surface area contributed by atoms with Crippen LogP contribution in [0.1, 0.15) is 17.2 Å². The molecule has 0 bridgehead atoms. The number of hydrogen-bond donors (Lipinski definition) is 1. The van der Waals surface area contributed by atoms with Crippen molar-refractivity contribution < 1.29 is 18.6 Å². The summed E-state index contributed by atoms with van der Waals surface area (Å²) in [6.45, 7) is 0.577. The Bertz CT molecular complexity index is 682. The van der Waals surface area contributed by atoms with Gasteiger partial charge in [-0.3, -0.25) is 4.90 Å². The van der Waals surface area contributed by atoms with Gasteiger partial charge in [-0.15, -0.1) is 0 Å². The van der Waals surface area contributed by atoms with Gasteiger partial charge in [0, 0.05) is 29.2 Å². The number of aliphatic hydroxyl groups is 1. The van der Waals surface area contributed by atoms with Crippen molar-refractivity contribution in [2.75, 3.05) is 20.7 Å². The van der Waals surface area contributed by atoms with Crippen LogP contribution in [0.15, 0.2) is 36.4 Å². The highest BCUT2D eigenvalue weighted by Gasteiger charge is 2.17. The Morgan fingerprint density at radius 3 is 2.65 bits per heavy atom. The smallest absolute Gasteiger partial charge is 0.129 e. The molecule has 0 aliphatic rings. The second-order valence-corrected chi connectivity index (χ2v) is 5.77. The molecule has 0 aromatic heterocycles. The van der Waals surface area contributed by atoms with Crippen LogP contribution in [0.25, 0.3) is 0 Å². The Kier molecular flexibility index (Phi) is 5.93. The minimum absolute atomic E-state index is 0.0603. The molecule has 3 nitrogen and oxygen atoms in total. The summed E-state index contributed by atoms with van der Waals surface area (Å²) in [5.41, 5.74) is 0.782. The first-order chi connectivity index (χ1) is 10.9. The second-order valence-electron chi connectivity index (χ2n) is 5.33. The Hall–Kier alpha value is -1.69. The van der Waals surface area contributed by atoms with Gasteiger partial charge in [0.2, 0.25) is 0 Å². The van der Waals surface area contributed by atoms with E-state index in [0.29, 0.717) is 17.3 Å². The summed E-state index contributed by atoms with van der Waals surface area (Å²) in [5, 5.41) is 10.7. The van der Waals surface area contributed by atoms with Gasteiger partial charge in [0.05, 0.1) is 13.2 Å². The van der Waals surface area contributed by atoms with Gasteiger partial charge in [-0.1, -0.05) is 11.6 Å². The summed E-state index contributed by atoms with van der Waals surface area (Å²) in [4.78, 5) is 1.78. The van der Waals surface area contributed by atoms with Crippen molar-refractivity contribution in [1.82, 2.24) is 4.90 Å². The average Bonchev–Trinajstić information content (AvgIpc) is 2.49. The van der Waals surface area contributed by atoms with E-state index in [0.717, 1.165) is 23.8 Å². The van der Waals surface area contributed by atoms with Crippen LogP contribution in [0.5, 0.6) is 5.75 Å². The van der Waals surface area contributed by atoms with Crippen LogP contribution in [0.2, 0.25) is 5.02 Å². The number of likely N-dealkylation sites (N-methyl/N-ethyl adjacent to an activating group) is 1. The first-order valence-corrected chi connectivity index (χ1v) is 7.42. The van der Waals surface area contributed by atoms with Crippen molar-refractivity contribution in [3.63, 3.8) is 0 Å². The van der Waals surface area contributed by atoms with E-state index in [1.165, 1.54) is 0 Å². The number of rotatable bonds is 6. The molecule has 0 saturated heterocycles. The Morgan fingerprint density at radius 1 is 1.22 bits per heavy atom. The van der Waals surface area contributed by atoms with Gasteiger partial charge in [0.1, 0.15) is 17.4 Å². The van der Waals surface area contributed by atoms with Crippen LogP contribution in [0.3, 0.4) is 0 Å². The van der Waals surface area contributed by atoms with Gasteiger partial charge in [-0.2, -0.15) is 0 Å². The highest BCUT2D eigenvalue weighted by Crippen LogP contribution is 2.25. The summed E-state index contributed by atoms with van der Waals surface area (Å²) in [6.07, 6.45) is -1.14. The number of nitrogens with zero attached hydrogens (tertiary/aromatic N) is 1. The summed E-state index contributed by atoms with van der Waals surface area (Å²) in [5.74, 6) is -0.542. The van der Waals surface area contributed by atoms with E-state index in [-0.39, 0.29) is 12.1 Å². The molecule has 0 aliphatic heterocycles. The molecule has 0 spiro atoms. The number of methoxy groups -OCH3 is 1. The Labute approximate surface area is 139 Å². The highest BCUT2D eigenvalue weighted by atomic mass is 35.5. The molecule has 124 valence electrons. The lowest BCUT2D eigenvalue weighted by Gasteiger charge is -2.22. The van der Waals surface area contributed by atoms with Gasteiger partial charge in [0.25, 0.3) is 0 Å². The summed E-state index contributed by atoms with van der Waals surface area (Å²) in [6, 6.07) is 8.29. The molecule has 2 aromatic carbocycles. The van der Waals surface area contributed by atoms with Gasteiger partial charge < -0.3 is 9.84 Å². The first-order valence-electron chi connectivity index (χ1n) is 7.04. The Balaban J connectivity index is 2.08. The van der Waals surface area contributed by atoms with Crippen LogP contribution in [0.4, 0.5) is 8.78 Å². The maximum Gasteiger partial charge on any atom is 0.129 e. The van der Waals surface area contributed by atoms with Crippen molar-refractivity contribution in [3.05, 3.63) is 64.2 Å². The fourth-order valence-electron chi connectivity index (χ4n) is 2.39. The van der Waals surface area contributed by atoms with Gasteiger partial charge in [0.15, 0.2) is 0 Å². The van der Waals surface area contributed by atoms with E-state index in [9.17, 15) is 13.9 Å². The van der Waals surface area contributed by atoms with Gasteiger partial charge in [-0.25, -0.2) is 8.78 Å². The van der Waals surface area contributed by atoms with Crippen LogP contribution in [0, 0.1) is 11.6 Å². The zero-order chi connectivity index (χ0) is 17.0. The van der Waals surface area contributed by atoms with E-state index in [2.05, 4.69) is 0 Å². The predicted molar refractivity (Wildman–Crippen MR) is 85.7 cm³/mol. The molecule has 1 unspecified atom stereocenters. The summed E-state index contributed by atoms with van der Waals surface area (Å²) < 4.78 is 32.2. The molecule has 1 N–H and O–H groups in total. The number of benzene rings is 2. The molecule has 0 aliphatic carbocycles. The lowest BCUT2D eigenvalue weighted by atomic mass is 10.1. The van der Waals surface area contributed by atoms with E-state index in [1.807, 2.05) is 0 Å². The fourth-order valence-corrected chi connectivity index (χ4v) is 2.58. The van der Waals surface area contributed by atoms with Crippen molar-refractivity contribution in [1.29, 1.82) is 0 Å². The standard InChI is InChI=1S/C17H18ClF2NO2/c1-21(9-11-7-12(18)3-6-17(11)23-2)10-16(22)14-8-13(19)4-5-15(14)20/h3-8,16,22H,9-10H2,1-2H3. The van der Waals surface area contributed by atoms with Gasteiger partial charge >= 0.3 is 0 Å². The molecule has 6 heteroatoms. The highest BCUT2D eigenvalue weighted by molar-refractivity contribution is 6.30. The normalized spacial score (nSPS) is 12.5. The van der Waals surface area contributed by atoms with E-state index in [1.54, 1.807) is 37.3 Å². The third-order valence-electron chi connectivity index (χ3n) is 3.48. The van der Waals surface area contributed by atoms with Crippen molar-refractivity contribution in [2.45, 2.75) is 12.6 Å². The Morgan fingerprint density at radius 2 is 1.96 bits per heavy atom. The minimum atomic E-state index is -1.14. The van der Waals surface area contributed by atoms with Crippen molar-refractivity contribution in [2.24, 2.45) is 0 Å². The maximum absolute atomic E-state index is 13.7. The monoisotopic (exact) mass is 341 g/mol. The lowest BCUT2D eigenvalue weighted by Crippen LogP contribution is -2.25. The second kappa shape index (κ2) is 7.73. The predicted octanol–water partition coefficient (Wildman–Crippen LogP) is 3.79. The molecular weight excluding hydrogens is 324 g/mol. The molecule has 0 amide bonds. The van der Waals surface area contributed by atoms with Crippen LogP contribution in [-0.4, -0.2) is 30.7 Å². The molecule has 0 saturated carbocycles. The number of hydrogen-bond acceptors (Lipinski definition) is 3. The van der Waals surface area contributed by atoms with E-state index in [4.69, 9.17) is 16.3 Å². The zero-order valence-electron chi connectivity index (χ0n) is 12.9. The minimum Gasteiger partial charge on any atom is -0.496 e. The molecule has 0 radical (unpaired) electrons. The third kappa shape index (κ3) is 4.64. The largest absolute Gasteiger partial charge is 0.496 e. The SMILES string of the molecule is COc1ccc(Cl)cc1CN(C)CC(O)c1cc(F)ccc1F. The maximum atomic E-state index is 13.7. The number of aliphatic hydroxyl groups excluding tert-OH is 1. The number of ether oxygens (including phenoxy) is 1. The fraction of sp³-hybridized carbons (Fsp3) is 0.294. The van der Waals surface area contributed by atoms with Crippen molar-refractivity contribution in [3.8, 4) is 5.75 Å². The number of halogens is 3. The molecule has 2 aromatic rings. The average molecular weight is 342 g/mol. The van der Waals surface area contributed by atoms with Crippen LogP contribution >= 0.6 is 11.6 Å². The molecule has 0 fully saturated rings. The topological polar surface area (TPSA) is 32.7 Å². The summed E-state index contributed by atoms with van der Waals surface area (Å²) in [7, 11) is 3.32. The zero-order valence-corrected chi connectivity index (χ0v) is 13.6. The molecule has 0 heterocycles.